The van der Waals surface area contributed by atoms with E-state index in [1.807, 2.05) is 12.1 Å². The molecule has 0 aromatic heterocycles. The van der Waals surface area contributed by atoms with Crippen molar-refractivity contribution in [3.8, 4) is 5.75 Å². The molecule has 2 aromatic rings. The first-order valence-corrected chi connectivity index (χ1v) is 5.87. The summed E-state index contributed by atoms with van der Waals surface area (Å²) in [4.78, 5) is 0. The molecular formula is C13H11Cl2NO. The van der Waals surface area contributed by atoms with E-state index in [9.17, 15) is 5.11 Å². The van der Waals surface area contributed by atoms with Crippen molar-refractivity contribution >= 4 is 28.9 Å². The number of hydrogen-bond acceptors (Lipinski definition) is 2. The molecule has 88 valence electrons. The molecule has 0 fully saturated rings. The fraction of sp³-hybridized carbons (Fsp3) is 0.0769. The van der Waals surface area contributed by atoms with Crippen molar-refractivity contribution in [2.24, 2.45) is 0 Å². The molecule has 0 saturated heterocycles. The van der Waals surface area contributed by atoms with Gasteiger partial charge in [0.1, 0.15) is 5.75 Å². The number of aromatic hydroxyl groups is 1. The lowest BCUT2D eigenvalue weighted by Gasteiger charge is -2.08. The van der Waals surface area contributed by atoms with E-state index in [0.29, 0.717) is 16.6 Å². The highest BCUT2D eigenvalue weighted by Gasteiger charge is 2.01. The quantitative estimate of drug-likeness (QED) is 0.869. The van der Waals surface area contributed by atoms with E-state index < -0.39 is 0 Å². The van der Waals surface area contributed by atoms with Crippen LogP contribution in [0.3, 0.4) is 0 Å². The maximum absolute atomic E-state index is 9.32. The maximum atomic E-state index is 9.32. The number of halogens is 2. The van der Waals surface area contributed by atoms with Gasteiger partial charge in [-0.1, -0.05) is 35.3 Å². The van der Waals surface area contributed by atoms with E-state index in [2.05, 4.69) is 5.32 Å². The van der Waals surface area contributed by atoms with Crippen molar-refractivity contribution in [1.29, 1.82) is 0 Å². The molecule has 2 rings (SSSR count). The Balaban J connectivity index is 2.07. The van der Waals surface area contributed by atoms with Crippen LogP contribution in [-0.4, -0.2) is 5.11 Å². The van der Waals surface area contributed by atoms with Crippen LogP contribution in [0.25, 0.3) is 0 Å². The largest absolute Gasteiger partial charge is 0.508 e. The first-order chi connectivity index (χ1) is 8.15. The summed E-state index contributed by atoms with van der Waals surface area (Å²) in [7, 11) is 0. The number of benzene rings is 2. The highest BCUT2D eigenvalue weighted by atomic mass is 35.5. The second kappa shape index (κ2) is 5.30. The Hall–Kier alpha value is -1.38. The van der Waals surface area contributed by atoms with Crippen molar-refractivity contribution in [3.63, 3.8) is 0 Å². The van der Waals surface area contributed by atoms with Crippen LogP contribution in [0.4, 0.5) is 5.69 Å². The molecule has 2 N–H and O–H groups in total. The highest BCUT2D eigenvalue weighted by molar-refractivity contribution is 6.35. The van der Waals surface area contributed by atoms with Crippen LogP contribution >= 0.6 is 23.2 Å². The molecule has 0 aliphatic rings. The second-order valence-corrected chi connectivity index (χ2v) is 4.48. The number of phenolic OH excluding ortho intramolecular Hbond substituents is 1. The summed E-state index contributed by atoms with van der Waals surface area (Å²) in [5, 5.41) is 13.7. The Morgan fingerprint density at radius 2 is 1.88 bits per heavy atom. The highest BCUT2D eigenvalue weighted by Crippen LogP contribution is 2.22. The van der Waals surface area contributed by atoms with E-state index in [0.717, 1.165) is 11.3 Å². The molecule has 0 saturated carbocycles. The Morgan fingerprint density at radius 1 is 1.06 bits per heavy atom. The van der Waals surface area contributed by atoms with Gasteiger partial charge < -0.3 is 10.4 Å². The zero-order valence-corrected chi connectivity index (χ0v) is 10.5. The second-order valence-electron chi connectivity index (χ2n) is 3.64. The summed E-state index contributed by atoms with van der Waals surface area (Å²) >= 11 is 11.9. The predicted molar refractivity (Wildman–Crippen MR) is 71.9 cm³/mol. The molecule has 4 heteroatoms. The van der Waals surface area contributed by atoms with Gasteiger partial charge in [-0.25, -0.2) is 0 Å². The lowest BCUT2D eigenvalue weighted by molar-refractivity contribution is 0.475. The maximum Gasteiger partial charge on any atom is 0.117 e. The zero-order valence-electron chi connectivity index (χ0n) is 8.95. The number of anilines is 1. The molecule has 17 heavy (non-hydrogen) atoms. The van der Waals surface area contributed by atoms with Gasteiger partial charge in [-0.3, -0.25) is 0 Å². The minimum atomic E-state index is 0.234. The van der Waals surface area contributed by atoms with E-state index >= 15 is 0 Å². The average Bonchev–Trinajstić information content (AvgIpc) is 2.28. The monoisotopic (exact) mass is 267 g/mol. The van der Waals surface area contributed by atoms with Gasteiger partial charge in [-0.05, 0) is 29.8 Å². The van der Waals surface area contributed by atoms with Crippen LogP contribution in [0.1, 0.15) is 5.56 Å². The van der Waals surface area contributed by atoms with Crippen molar-refractivity contribution in [2.45, 2.75) is 6.54 Å². The van der Waals surface area contributed by atoms with Gasteiger partial charge in [0.05, 0.1) is 0 Å². The average molecular weight is 268 g/mol. The minimum absolute atomic E-state index is 0.234. The molecule has 0 atom stereocenters. The van der Waals surface area contributed by atoms with Crippen LogP contribution in [-0.2, 0) is 6.54 Å². The summed E-state index contributed by atoms with van der Waals surface area (Å²) < 4.78 is 0. The third-order valence-electron chi connectivity index (χ3n) is 2.34. The van der Waals surface area contributed by atoms with Crippen LogP contribution in [0.2, 0.25) is 10.0 Å². The Morgan fingerprint density at radius 3 is 2.59 bits per heavy atom. The molecule has 0 radical (unpaired) electrons. The van der Waals surface area contributed by atoms with E-state index in [-0.39, 0.29) is 5.75 Å². The third kappa shape index (κ3) is 3.29. The zero-order chi connectivity index (χ0) is 12.3. The van der Waals surface area contributed by atoms with Gasteiger partial charge in [0.25, 0.3) is 0 Å². The standard InChI is InChI=1S/C13H11Cl2NO/c14-10-5-4-9(13(15)6-10)8-16-11-2-1-3-12(17)7-11/h1-7,16-17H,8H2. The first kappa shape index (κ1) is 12.1. The summed E-state index contributed by atoms with van der Waals surface area (Å²) in [5.41, 5.74) is 1.80. The molecule has 0 spiro atoms. The lowest BCUT2D eigenvalue weighted by Crippen LogP contribution is -1.99. The Bertz CT molecular complexity index is 529. The molecule has 0 unspecified atom stereocenters. The third-order valence-corrected chi connectivity index (χ3v) is 2.93. The summed E-state index contributed by atoms with van der Waals surface area (Å²) in [6.45, 7) is 0.583. The van der Waals surface area contributed by atoms with E-state index in [1.165, 1.54) is 0 Å². The van der Waals surface area contributed by atoms with Crippen molar-refractivity contribution < 1.29 is 5.11 Å². The predicted octanol–water partition coefficient (Wildman–Crippen LogP) is 4.31. The summed E-state index contributed by atoms with van der Waals surface area (Å²) in [6, 6.07) is 12.3. The number of rotatable bonds is 3. The van der Waals surface area contributed by atoms with Crippen LogP contribution in [0.15, 0.2) is 42.5 Å². The van der Waals surface area contributed by atoms with E-state index in [1.54, 1.807) is 30.3 Å². The molecule has 0 heterocycles. The van der Waals surface area contributed by atoms with Gasteiger partial charge in [0.2, 0.25) is 0 Å². The molecule has 2 nitrogen and oxygen atoms in total. The molecule has 0 aliphatic heterocycles. The Kier molecular flexibility index (Phi) is 3.77. The van der Waals surface area contributed by atoms with Gasteiger partial charge >= 0.3 is 0 Å². The number of hydrogen-bond donors (Lipinski definition) is 2. The molecule has 0 amide bonds. The van der Waals surface area contributed by atoms with Crippen LogP contribution < -0.4 is 5.32 Å². The van der Waals surface area contributed by atoms with Crippen LogP contribution in [0.5, 0.6) is 5.75 Å². The molecule has 2 aromatic carbocycles. The SMILES string of the molecule is Oc1cccc(NCc2ccc(Cl)cc2Cl)c1. The van der Waals surface area contributed by atoms with Gasteiger partial charge in [0.15, 0.2) is 0 Å². The number of phenols is 1. The minimum Gasteiger partial charge on any atom is -0.508 e. The van der Waals surface area contributed by atoms with Crippen molar-refractivity contribution in [1.82, 2.24) is 0 Å². The van der Waals surface area contributed by atoms with Gasteiger partial charge in [-0.15, -0.1) is 0 Å². The summed E-state index contributed by atoms with van der Waals surface area (Å²) in [6.07, 6.45) is 0. The van der Waals surface area contributed by atoms with Gasteiger partial charge in [-0.2, -0.15) is 0 Å². The van der Waals surface area contributed by atoms with E-state index in [4.69, 9.17) is 23.2 Å². The Labute approximate surface area is 110 Å². The normalized spacial score (nSPS) is 10.2. The first-order valence-electron chi connectivity index (χ1n) is 5.12. The topological polar surface area (TPSA) is 32.3 Å². The lowest BCUT2D eigenvalue weighted by atomic mass is 10.2. The molecule has 0 bridgehead atoms. The van der Waals surface area contributed by atoms with Crippen LogP contribution in [0, 0.1) is 0 Å². The summed E-state index contributed by atoms with van der Waals surface area (Å²) in [5.74, 6) is 0.234. The van der Waals surface area contributed by atoms with Crippen molar-refractivity contribution in [3.05, 3.63) is 58.1 Å². The fourth-order valence-electron chi connectivity index (χ4n) is 1.48. The molecule has 0 aliphatic carbocycles. The fourth-order valence-corrected chi connectivity index (χ4v) is 1.95. The van der Waals surface area contributed by atoms with Gasteiger partial charge in [0, 0.05) is 28.3 Å². The smallest absolute Gasteiger partial charge is 0.117 e. The number of nitrogens with one attached hydrogen (secondary N) is 1. The molecular weight excluding hydrogens is 257 g/mol. The van der Waals surface area contributed by atoms with Crippen molar-refractivity contribution in [2.75, 3.05) is 5.32 Å².